The van der Waals surface area contributed by atoms with Gasteiger partial charge in [0, 0.05) is 69.3 Å². The van der Waals surface area contributed by atoms with Crippen LogP contribution in [0.25, 0.3) is 0 Å². The first-order chi connectivity index (χ1) is 17.4. The molecule has 0 aromatic heterocycles. The molecule has 2 amide bonds. The molecule has 1 unspecified atom stereocenters. The fourth-order valence-corrected chi connectivity index (χ4v) is 5.48. The summed E-state index contributed by atoms with van der Waals surface area (Å²) in [5, 5.41) is 5.37. The Kier molecular flexibility index (Phi) is 7.27. The quantitative estimate of drug-likeness (QED) is 0.420. The van der Waals surface area contributed by atoms with Crippen LogP contribution in [0.2, 0.25) is 0 Å². The molecule has 3 saturated heterocycles. The lowest BCUT2D eigenvalue weighted by atomic mass is 9.95. The van der Waals surface area contributed by atoms with Gasteiger partial charge in [-0.2, -0.15) is 0 Å². The van der Waals surface area contributed by atoms with Crippen molar-refractivity contribution in [2.45, 2.75) is 31.7 Å². The summed E-state index contributed by atoms with van der Waals surface area (Å²) < 4.78 is 15.0. The number of anilines is 4. The van der Waals surface area contributed by atoms with E-state index in [4.69, 9.17) is 5.73 Å². The monoisotopic (exact) mass is 494 g/mol. The SMILES string of the molecule is Nc1ccc(N2CCN(CC3CCN(c4ccc(NC5CCC(=O)NC5=O)cc4F)CC3)CC2)cc1. The number of carbonyl (C=O) groups excluding carboxylic acids is 2. The van der Waals surface area contributed by atoms with Crippen molar-refractivity contribution in [1.82, 2.24) is 10.2 Å². The predicted octanol–water partition coefficient (Wildman–Crippen LogP) is 2.66. The van der Waals surface area contributed by atoms with Gasteiger partial charge in [-0.25, -0.2) is 4.39 Å². The lowest BCUT2D eigenvalue weighted by molar-refractivity contribution is -0.133. The molecule has 2 aromatic carbocycles. The molecular formula is C27H35FN6O2. The van der Waals surface area contributed by atoms with Gasteiger partial charge in [-0.3, -0.25) is 19.8 Å². The summed E-state index contributed by atoms with van der Waals surface area (Å²) in [4.78, 5) is 30.4. The van der Waals surface area contributed by atoms with Gasteiger partial charge in [0.25, 0.3) is 0 Å². The molecule has 3 heterocycles. The Hall–Kier alpha value is -3.33. The molecule has 0 bridgehead atoms. The van der Waals surface area contributed by atoms with Gasteiger partial charge in [-0.15, -0.1) is 0 Å². The average Bonchev–Trinajstić information content (AvgIpc) is 2.88. The van der Waals surface area contributed by atoms with E-state index in [0.29, 0.717) is 23.7 Å². The van der Waals surface area contributed by atoms with Gasteiger partial charge in [0.1, 0.15) is 11.9 Å². The van der Waals surface area contributed by atoms with E-state index in [9.17, 15) is 14.0 Å². The minimum atomic E-state index is -0.517. The van der Waals surface area contributed by atoms with E-state index in [-0.39, 0.29) is 24.1 Å². The maximum absolute atomic E-state index is 15.0. The number of nitrogens with two attached hydrogens (primary N) is 1. The molecule has 0 saturated carbocycles. The zero-order chi connectivity index (χ0) is 25.1. The van der Waals surface area contributed by atoms with E-state index in [1.165, 1.54) is 11.8 Å². The minimum absolute atomic E-state index is 0.261. The Morgan fingerprint density at radius 1 is 0.917 bits per heavy atom. The van der Waals surface area contributed by atoms with Crippen LogP contribution >= 0.6 is 0 Å². The van der Waals surface area contributed by atoms with Crippen molar-refractivity contribution in [3.8, 4) is 0 Å². The fraction of sp³-hybridized carbons (Fsp3) is 0.481. The Balaban J connectivity index is 1.08. The molecule has 4 N–H and O–H groups in total. The molecule has 1 atom stereocenters. The molecule has 3 aliphatic rings. The molecule has 9 heteroatoms. The maximum atomic E-state index is 15.0. The number of nitrogens with one attached hydrogen (secondary N) is 2. The van der Waals surface area contributed by atoms with E-state index in [1.54, 1.807) is 6.07 Å². The minimum Gasteiger partial charge on any atom is -0.399 e. The number of imide groups is 1. The van der Waals surface area contributed by atoms with E-state index in [2.05, 4.69) is 37.5 Å². The van der Waals surface area contributed by atoms with Gasteiger partial charge in [-0.1, -0.05) is 0 Å². The van der Waals surface area contributed by atoms with Crippen molar-refractivity contribution in [3.05, 3.63) is 48.3 Å². The standard InChI is InChI=1S/C27H35FN6O2/c28-23-17-21(30-24-6-8-26(35)31-27(24)36)3-7-25(23)34-11-9-19(10-12-34)18-32-13-15-33(16-14-32)22-4-1-20(29)2-5-22/h1-5,7,17,19,24,30H,6,8-16,18,29H2,(H,31,35,36). The van der Waals surface area contributed by atoms with Crippen LogP contribution in [0.3, 0.4) is 0 Å². The summed E-state index contributed by atoms with van der Waals surface area (Å²) in [5.74, 6) is -0.279. The fourth-order valence-electron chi connectivity index (χ4n) is 5.48. The normalized spacial score (nSPS) is 22.0. The Bertz CT molecular complexity index is 1080. The van der Waals surface area contributed by atoms with Gasteiger partial charge < -0.3 is 20.9 Å². The first-order valence-electron chi connectivity index (χ1n) is 12.9. The van der Waals surface area contributed by atoms with Gasteiger partial charge in [0.2, 0.25) is 11.8 Å². The first kappa shape index (κ1) is 24.4. The van der Waals surface area contributed by atoms with Crippen molar-refractivity contribution >= 4 is 34.6 Å². The molecule has 36 heavy (non-hydrogen) atoms. The molecule has 5 rings (SSSR count). The number of piperazine rings is 1. The Morgan fingerprint density at radius 2 is 1.64 bits per heavy atom. The molecule has 0 spiro atoms. The van der Waals surface area contributed by atoms with Crippen LogP contribution in [0, 0.1) is 11.7 Å². The number of amides is 2. The summed E-state index contributed by atoms with van der Waals surface area (Å²) in [7, 11) is 0. The maximum Gasteiger partial charge on any atom is 0.249 e. The highest BCUT2D eigenvalue weighted by molar-refractivity contribution is 6.01. The number of nitrogens with zero attached hydrogens (tertiary/aromatic N) is 3. The number of carbonyl (C=O) groups is 2. The molecule has 2 aromatic rings. The van der Waals surface area contributed by atoms with E-state index in [1.807, 2.05) is 18.2 Å². The molecular weight excluding hydrogens is 459 g/mol. The number of hydrogen-bond donors (Lipinski definition) is 3. The zero-order valence-electron chi connectivity index (χ0n) is 20.6. The number of hydrogen-bond acceptors (Lipinski definition) is 7. The van der Waals surface area contributed by atoms with Crippen LogP contribution in [-0.4, -0.2) is 68.6 Å². The first-order valence-corrected chi connectivity index (χ1v) is 12.9. The Labute approximate surface area is 211 Å². The van der Waals surface area contributed by atoms with Crippen molar-refractivity contribution < 1.29 is 14.0 Å². The van der Waals surface area contributed by atoms with Crippen LogP contribution in [-0.2, 0) is 9.59 Å². The number of halogens is 1. The summed E-state index contributed by atoms with van der Waals surface area (Å²) in [6.07, 6.45) is 2.80. The number of rotatable bonds is 6. The summed E-state index contributed by atoms with van der Waals surface area (Å²) in [6, 6.07) is 12.6. The van der Waals surface area contributed by atoms with Crippen LogP contribution in [0.15, 0.2) is 42.5 Å². The highest BCUT2D eigenvalue weighted by atomic mass is 19.1. The summed E-state index contributed by atoms with van der Waals surface area (Å²) >= 11 is 0. The largest absolute Gasteiger partial charge is 0.399 e. The summed E-state index contributed by atoms with van der Waals surface area (Å²) in [5.41, 5.74) is 9.00. The molecule has 0 radical (unpaired) electrons. The van der Waals surface area contributed by atoms with Crippen LogP contribution in [0.4, 0.5) is 27.1 Å². The van der Waals surface area contributed by atoms with Gasteiger partial charge in [0.05, 0.1) is 5.69 Å². The van der Waals surface area contributed by atoms with Crippen molar-refractivity contribution in [3.63, 3.8) is 0 Å². The van der Waals surface area contributed by atoms with E-state index >= 15 is 0 Å². The van der Waals surface area contributed by atoms with Crippen molar-refractivity contribution in [1.29, 1.82) is 0 Å². The lowest BCUT2D eigenvalue weighted by Gasteiger charge is -2.40. The molecule has 0 aliphatic carbocycles. The number of benzene rings is 2. The number of nitrogen functional groups attached to an aromatic ring is 1. The van der Waals surface area contributed by atoms with E-state index < -0.39 is 6.04 Å². The smallest absolute Gasteiger partial charge is 0.249 e. The third-order valence-corrected chi connectivity index (χ3v) is 7.63. The molecule has 3 fully saturated rings. The average molecular weight is 495 g/mol. The van der Waals surface area contributed by atoms with Gasteiger partial charge in [0.15, 0.2) is 0 Å². The van der Waals surface area contributed by atoms with Crippen LogP contribution in [0.5, 0.6) is 0 Å². The second-order valence-electron chi connectivity index (χ2n) is 10.1. The van der Waals surface area contributed by atoms with Crippen LogP contribution < -0.4 is 26.2 Å². The van der Waals surface area contributed by atoms with E-state index in [0.717, 1.165) is 64.3 Å². The molecule has 8 nitrogen and oxygen atoms in total. The predicted molar refractivity (Wildman–Crippen MR) is 141 cm³/mol. The van der Waals surface area contributed by atoms with Gasteiger partial charge >= 0.3 is 0 Å². The number of piperidine rings is 2. The zero-order valence-corrected chi connectivity index (χ0v) is 20.6. The molecule has 192 valence electrons. The third-order valence-electron chi connectivity index (χ3n) is 7.63. The Morgan fingerprint density at radius 3 is 2.31 bits per heavy atom. The second-order valence-corrected chi connectivity index (χ2v) is 10.1. The van der Waals surface area contributed by atoms with Crippen molar-refractivity contribution in [2.24, 2.45) is 5.92 Å². The van der Waals surface area contributed by atoms with Crippen molar-refractivity contribution in [2.75, 3.05) is 66.7 Å². The highest BCUT2D eigenvalue weighted by Gasteiger charge is 2.28. The van der Waals surface area contributed by atoms with Gasteiger partial charge in [-0.05, 0) is 67.6 Å². The van der Waals surface area contributed by atoms with Crippen LogP contribution in [0.1, 0.15) is 25.7 Å². The third kappa shape index (κ3) is 5.73. The highest BCUT2D eigenvalue weighted by Crippen LogP contribution is 2.29. The topological polar surface area (TPSA) is 93.9 Å². The second kappa shape index (κ2) is 10.7. The molecule has 3 aliphatic heterocycles. The lowest BCUT2D eigenvalue weighted by Crippen LogP contribution is -2.49. The summed E-state index contributed by atoms with van der Waals surface area (Å²) in [6.45, 7) is 6.93.